The maximum absolute atomic E-state index is 9.94. The summed E-state index contributed by atoms with van der Waals surface area (Å²) in [5, 5.41) is 9.11. The second-order valence-electron chi connectivity index (χ2n) is 7.36. The molecule has 4 heteroatoms. The molecule has 1 aliphatic carbocycles. The van der Waals surface area contributed by atoms with Gasteiger partial charge in [-0.3, -0.25) is 4.79 Å². The number of carbonyl (C=O) groups is 1. The van der Waals surface area contributed by atoms with E-state index in [1.54, 1.807) is 0 Å². The number of hydrogen-bond donors (Lipinski definition) is 1. The predicted molar refractivity (Wildman–Crippen MR) is 122 cm³/mol. The molecule has 158 valence electrons. The lowest BCUT2D eigenvalue weighted by molar-refractivity contribution is -0.137. The summed E-state index contributed by atoms with van der Waals surface area (Å²) in [6, 6.07) is 8.32. The first kappa shape index (κ1) is 24.6. The Hall–Kier alpha value is -1.42. The van der Waals surface area contributed by atoms with Gasteiger partial charge in [0.15, 0.2) is 0 Å². The van der Waals surface area contributed by atoms with Gasteiger partial charge in [0.2, 0.25) is 0 Å². The number of allylic oxidation sites excluding steroid dienone is 2. The molecule has 0 atom stereocenters. The molecule has 3 nitrogen and oxygen atoms in total. The Morgan fingerprint density at radius 1 is 1.21 bits per heavy atom. The van der Waals surface area contributed by atoms with Gasteiger partial charge in [0.25, 0.3) is 0 Å². The molecular weight excluding hydrogens is 368 g/mol. The molecule has 0 aliphatic heterocycles. The van der Waals surface area contributed by atoms with Crippen molar-refractivity contribution in [3.8, 4) is 5.75 Å². The summed E-state index contributed by atoms with van der Waals surface area (Å²) in [5.74, 6) is 1.55. The van der Waals surface area contributed by atoms with Crippen LogP contribution < -0.4 is 4.74 Å². The van der Waals surface area contributed by atoms with Crippen molar-refractivity contribution in [2.75, 3.05) is 12.4 Å². The lowest BCUT2D eigenvalue weighted by atomic mass is 10.2. The lowest BCUT2D eigenvalue weighted by Crippen LogP contribution is -2.04. The zero-order valence-electron chi connectivity index (χ0n) is 17.7. The molecule has 1 saturated carbocycles. The highest BCUT2D eigenvalue weighted by Gasteiger charge is 2.11. The summed E-state index contributed by atoms with van der Waals surface area (Å²) in [6.07, 6.45) is 15.6. The second-order valence-corrected chi connectivity index (χ2v) is 8.77. The van der Waals surface area contributed by atoms with Crippen molar-refractivity contribution in [3.63, 3.8) is 0 Å². The van der Waals surface area contributed by atoms with Crippen LogP contribution in [-0.2, 0) is 4.79 Å². The molecule has 1 aliphatic rings. The fourth-order valence-electron chi connectivity index (χ4n) is 3.15. The molecule has 1 aromatic carbocycles. The van der Waals surface area contributed by atoms with E-state index >= 15 is 0 Å². The number of aliphatic carboxylic acids is 1. The average molecular weight is 407 g/mol. The second kappa shape index (κ2) is 16.5. The highest BCUT2D eigenvalue weighted by Crippen LogP contribution is 2.27. The Kier molecular flexibility index (Phi) is 14.5. The normalized spacial score (nSPS) is 14.9. The van der Waals surface area contributed by atoms with Gasteiger partial charge in [0, 0.05) is 11.7 Å². The number of hydrogen-bond acceptors (Lipinski definition) is 3. The van der Waals surface area contributed by atoms with E-state index in [9.17, 15) is 4.79 Å². The van der Waals surface area contributed by atoms with Crippen molar-refractivity contribution in [1.29, 1.82) is 0 Å². The minimum absolute atomic E-state index is 0.282. The van der Waals surface area contributed by atoms with E-state index in [-0.39, 0.29) is 6.42 Å². The smallest absolute Gasteiger partial charge is 0.303 e. The summed E-state index contributed by atoms with van der Waals surface area (Å²) < 4.78 is 5.79. The van der Waals surface area contributed by atoms with Gasteiger partial charge in [-0.05, 0) is 69.4 Å². The van der Waals surface area contributed by atoms with Crippen LogP contribution in [0, 0.1) is 6.92 Å². The fraction of sp³-hybridized carbons (Fsp3) is 0.625. The quantitative estimate of drug-likeness (QED) is 0.257. The van der Waals surface area contributed by atoms with Gasteiger partial charge in [-0.1, -0.05) is 50.0 Å². The van der Waals surface area contributed by atoms with Gasteiger partial charge in [-0.15, -0.1) is 0 Å². The zero-order chi connectivity index (χ0) is 20.5. The first-order valence-electron chi connectivity index (χ1n) is 10.8. The van der Waals surface area contributed by atoms with E-state index in [0.29, 0.717) is 0 Å². The number of benzene rings is 1. The highest BCUT2D eigenvalue weighted by molar-refractivity contribution is 7.99. The number of ether oxygens (including phenoxy) is 1. The van der Waals surface area contributed by atoms with Crippen molar-refractivity contribution in [2.45, 2.75) is 83.3 Å². The standard InChI is InChI=1S/C17H26OS.C7H12O2/c1-15-8-6-9-16(14-15)18-12-7-13-19-17-10-4-2-3-5-11-17;1-2-3-4-5-6-7(8)9/h6,8-9,14,17H,2-5,7,10-13H2,1H3;2-3H,4-6H2,1H3,(H,8,9)/b;3-2-. The Balaban J connectivity index is 0.000000370. The van der Waals surface area contributed by atoms with Gasteiger partial charge in [0.05, 0.1) is 6.61 Å². The van der Waals surface area contributed by atoms with E-state index in [2.05, 4.69) is 36.9 Å². The Bertz CT molecular complexity index is 549. The number of rotatable bonds is 10. The van der Waals surface area contributed by atoms with Gasteiger partial charge in [0.1, 0.15) is 5.75 Å². The molecule has 0 spiro atoms. The van der Waals surface area contributed by atoms with Crippen molar-refractivity contribution in [1.82, 2.24) is 0 Å². The largest absolute Gasteiger partial charge is 0.494 e. The summed E-state index contributed by atoms with van der Waals surface area (Å²) >= 11 is 2.17. The van der Waals surface area contributed by atoms with E-state index in [1.807, 2.05) is 25.1 Å². The Morgan fingerprint density at radius 2 is 1.96 bits per heavy atom. The molecule has 0 unspecified atom stereocenters. The summed E-state index contributed by atoms with van der Waals surface area (Å²) in [7, 11) is 0. The third-order valence-electron chi connectivity index (χ3n) is 4.70. The van der Waals surface area contributed by atoms with Crippen LogP contribution in [0.1, 0.15) is 76.7 Å². The molecule has 0 amide bonds. The molecule has 0 aromatic heterocycles. The van der Waals surface area contributed by atoms with Crippen LogP contribution in [0.5, 0.6) is 5.75 Å². The third-order valence-corrected chi connectivity index (χ3v) is 6.17. The summed E-state index contributed by atoms with van der Waals surface area (Å²) in [5.41, 5.74) is 1.27. The summed E-state index contributed by atoms with van der Waals surface area (Å²) in [6.45, 7) is 4.89. The van der Waals surface area contributed by atoms with Crippen LogP contribution in [0.15, 0.2) is 36.4 Å². The van der Waals surface area contributed by atoms with Crippen molar-refractivity contribution in [3.05, 3.63) is 42.0 Å². The average Bonchev–Trinajstić information content (AvgIpc) is 2.94. The molecule has 1 fully saturated rings. The minimum atomic E-state index is -0.709. The lowest BCUT2D eigenvalue weighted by Gasteiger charge is -2.13. The Labute approximate surface area is 176 Å². The minimum Gasteiger partial charge on any atom is -0.494 e. The van der Waals surface area contributed by atoms with Gasteiger partial charge in [-0.2, -0.15) is 11.8 Å². The summed E-state index contributed by atoms with van der Waals surface area (Å²) in [4.78, 5) is 9.94. The molecule has 1 N–H and O–H groups in total. The molecule has 2 rings (SSSR count). The van der Waals surface area contributed by atoms with Crippen LogP contribution >= 0.6 is 11.8 Å². The molecule has 0 radical (unpaired) electrons. The van der Waals surface area contributed by atoms with Crippen LogP contribution in [0.3, 0.4) is 0 Å². The highest BCUT2D eigenvalue weighted by atomic mass is 32.2. The molecule has 0 saturated heterocycles. The van der Waals surface area contributed by atoms with Crippen LogP contribution in [0.4, 0.5) is 0 Å². The van der Waals surface area contributed by atoms with Crippen molar-refractivity contribution < 1.29 is 14.6 Å². The maximum atomic E-state index is 9.94. The van der Waals surface area contributed by atoms with Crippen molar-refractivity contribution in [2.24, 2.45) is 0 Å². The monoisotopic (exact) mass is 406 g/mol. The van der Waals surface area contributed by atoms with Gasteiger partial charge < -0.3 is 9.84 Å². The van der Waals surface area contributed by atoms with Crippen LogP contribution in [-0.4, -0.2) is 28.7 Å². The van der Waals surface area contributed by atoms with E-state index < -0.39 is 5.97 Å². The first-order chi connectivity index (χ1) is 13.6. The number of unbranched alkanes of at least 4 members (excludes halogenated alkanes) is 1. The van der Waals surface area contributed by atoms with Gasteiger partial charge in [-0.25, -0.2) is 0 Å². The van der Waals surface area contributed by atoms with E-state index in [4.69, 9.17) is 9.84 Å². The SMILES string of the molecule is C/C=C\CCCC(=O)O.Cc1cccc(OCCCSC2CCCCCC2)c1. The maximum Gasteiger partial charge on any atom is 0.303 e. The van der Waals surface area contributed by atoms with Gasteiger partial charge >= 0.3 is 5.97 Å². The number of aryl methyl sites for hydroxylation is 1. The Morgan fingerprint density at radius 3 is 2.61 bits per heavy atom. The van der Waals surface area contributed by atoms with E-state index in [1.165, 1.54) is 49.8 Å². The van der Waals surface area contributed by atoms with Crippen molar-refractivity contribution >= 4 is 17.7 Å². The zero-order valence-corrected chi connectivity index (χ0v) is 18.5. The van der Waals surface area contributed by atoms with Crippen LogP contribution in [0.25, 0.3) is 0 Å². The molecule has 0 bridgehead atoms. The first-order valence-corrected chi connectivity index (χ1v) is 11.8. The number of carboxylic acid groups (broad SMARTS) is 1. The van der Waals surface area contributed by atoms with Crippen LogP contribution in [0.2, 0.25) is 0 Å². The molecule has 1 aromatic rings. The third kappa shape index (κ3) is 13.7. The number of carboxylic acids is 1. The predicted octanol–water partition coefficient (Wildman–Crippen LogP) is 7.04. The number of thioether (sulfide) groups is 1. The molecule has 0 heterocycles. The topological polar surface area (TPSA) is 46.5 Å². The fourth-order valence-corrected chi connectivity index (χ4v) is 4.43. The van der Waals surface area contributed by atoms with E-state index in [0.717, 1.165) is 36.9 Å². The molecular formula is C24H38O3S. The molecule has 28 heavy (non-hydrogen) atoms.